The first-order valence-corrected chi connectivity index (χ1v) is 9.01. The van der Waals surface area contributed by atoms with Crippen molar-refractivity contribution in [2.24, 2.45) is 0 Å². The van der Waals surface area contributed by atoms with Crippen LogP contribution in [-0.2, 0) is 9.53 Å². The van der Waals surface area contributed by atoms with Crippen LogP contribution < -0.4 is 0 Å². The van der Waals surface area contributed by atoms with E-state index in [1.54, 1.807) is 24.3 Å². The number of ether oxygens (including phenoxy) is 1. The zero-order valence-electron chi connectivity index (χ0n) is 14.7. The molecule has 27 heavy (non-hydrogen) atoms. The molecule has 4 nitrogen and oxygen atoms in total. The van der Waals surface area contributed by atoms with E-state index in [1.807, 2.05) is 18.2 Å². The van der Waals surface area contributed by atoms with Gasteiger partial charge in [0.25, 0.3) is 0 Å². The van der Waals surface area contributed by atoms with E-state index in [1.165, 1.54) is 12.1 Å². The first-order chi connectivity index (χ1) is 13.1. The van der Waals surface area contributed by atoms with Crippen LogP contribution >= 0.6 is 0 Å². The van der Waals surface area contributed by atoms with Gasteiger partial charge in [-0.2, -0.15) is 0 Å². The number of esters is 1. The van der Waals surface area contributed by atoms with E-state index in [0.29, 0.717) is 40.6 Å². The highest BCUT2D eigenvalue weighted by atomic mass is 19.1. The van der Waals surface area contributed by atoms with Crippen molar-refractivity contribution in [1.82, 2.24) is 4.98 Å². The summed E-state index contributed by atoms with van der Waals surface area (Å²) >= 11 is 0. The van der Waals surface area contributed by atoms with Gasteiger partial charge in [-0.1, -0.05) is 18.2 Å². The zero-order chi connectivity index (χ0) is 18.8. The van der Waals surface area contributed by atoms with Crippen molar-refractivity contribution < 1.29 is 18.7 Å². The third-order valence-electron chi connectivity index (χ3n) is 4.82. The monoisotopic (exact) mass is 363 g/mol. The standard InChI is InChI=1S/C22H18FNO3/c23-15-11-9-14(10-12-15)19-13-17(16-5-1-2-6-18(16)24-19)22(26)27-21-8-4-3-7-20(21)25/h1-2,5-6,9-13,21H,3-4,7-8H2/t21-/m1/s1. The highest BCUT2D eigenvalue weighted by Crippen LogP contribution is 2.27. The molecule has 1 heterocycles. The fourth-order valence-corrected chi connectivity index (χ4v) is 3.38. The Morgan fingerprint density at radius 3 is 2.63 bits per heavy atom. The summed E-state index contributed by atoms with van der Waals surface area (Å²) in [5.74, 6) is -0.890. The Kier molecular flexibility index (Phi) is 4.67. The Morgan fingerprint density at radius 1 is 1.07 bits per heavy atom. The topological polar surface area (TPSA) is 56.3 Å². The smallest absolute Gasteiger partial charge is 0.339 e. The van der Waals surface area contributed by atoms with Crippen molar-refractivity contribution in [3.8, 4) is 11.3 Å². The predicted molar refractivity (Wildman–Crippen MR) is 99.8 cm³/mol. The molecule has 1 aromatic heterocycles. The van der Waals surface area contributed by atoms with Crippen LogP contribution in [0.5, 0.6) is 0 Å². The Balaban J connectivity index is 1.75. The van der Waals surface area contributed by atoms with Crippen LogP contribution in [0, 0.1) is 5.82 Å². The first-order valence-electron chi connectivity index (χ1n) is 9.01. The Bertz CT molecular complexity index is 1010. The number of Topliss-reactive ketones (excluding diaryl/α,β-unsaturated/α-hetero) is 1. The van der Waals surface area contributed by atoms with Crippen LogP contribution in [0.1, 0.15) is 36.0 Å². The number of aromatic nitrogens is 1. The van der Waals surface area contributed by atoms with E-state index < -0.39 is 12.1 Å². The van der Waals surface area contributed by atoms with Crippen LogP contribution in [0.4, 0.5) is 4.39 Å². The summed E-state index contributed by atoms with van der Waals surface area (Å²) in [4.78, 5) is 29.5. The highest BCUT2D eigenvalue weighted by molar-refractivity contribution is 6.05. The van der Waals surface area contributed by atoms with E-state index in [9.17, 15) is 14.0 Å². The predicted octanol–water partition coefficient (Wildman–Crippen LogP) is 4.71. The second kappa shape index (κ2) is 7.27. The van der Waals surface area contributed by atoms with Crippen molar-refractivity contribution >= 4 is 22.7 Å². The number of para-hydroxylation sites is 1. The molecule has 0 bridgehead atoms. The van der Waals surface area contributed by atoms with Gasteiger partial charge in [0.05, 0.1) is 16.8 Å². The number of carbonyl (C=O) groups excluding carboxylic acids is 2. The Hall–Kier alpha value is -3.08. The van der Waals surface area contributed by atoms with Gasteiger partial charge in [-0.3, -0.25) is 4.79 Å². The summed E-state index contributed by atoms with van der Waals surface area (Å²) in [6.45, 7) is 0. The molecule has 5 heteroatoms. The number of fused-ring (bicyclic) bond motifs is 1. The van der Waals surface area contributed by atoms with E-state index in [4.69, 9.17) is 4.74 Å². The molecular formula is C22H18FNO3. The van der Waals surface area contributed by atoms with E-state index in [-0.39, 0.29) is 11.6 Å². The molecule has 0 spiro atoms. The van der Waals surface area contributed by atoms with Crippen molar-refractivity contribution in [3.05, 3.63) is 66.0 Å². The summed E-state index contributed by atoms with van der Waals surface area (Å²) < 4.78 is 18.8. The fraction of sp³-hybridized carbons (Fsp3) is 0.227. The van der Waals surface area contributed by atoms with Gasteiger partial charge in [0, 0.05) is 17.4 Å². The molecule has 0 unspecified atom stereocenters. The second-order valence-corrected chi connectivity index (χ2v) is 6.69. The number of benzene rings is 2. The van der Waals surface area contributed by atoms with Gasteiger partial charge in [-0.15, -0.1) is 0 Å². The van der Waals surface area contributed by atoms with Crippen molar-refractivity contribution in [1.29, 1.82) is 0 Å². The van der Waals surface area contributed by atoms with Crippen LogP contribution in [-0.4, -0.2) is 22.8 Å². The summed E-state index contributed by atoms with van der Waals surface area (Å²) in [5, 5.41) is 0.664. The molecule has 1 aliphatic rings. The summed E-state index contributed by atoms with van der Waals surface area (Å²) in [5.41, 5.74) is 2.25. The molecule has 4 rings (SSSR count). The minimum atomic E-state index is -0.674. The minimum absolute atomic E-state index is 0.0216. The molecule has 0 aliphatic heterocycles. The maximum atomic E-state index is 13.2. The van der Waals surface area contributed by atoms with Gasteiger partial charge in [-0.25, -0.2) is 14.2 Å². The van der Waals surface area contributed by atoms with Gasteiger partial charge < -0.3 is 4.74 Å². The lowest BCUT2D eigenvalue weighted by atomic mass is 9.96. The third kappa shape index (κ3) is 3.58. The lowest BCUT2D eigenvalue weighted by Crippen LogP contribution is -2.30. The molecule has 1 aliphatic carbocycles. The number of ketones is 1. The number of rotatable bonds is 3. The van der Waals surface area contributed by atoms with Crippen molar-refractivity contribution in [2.45, 2.75) is 31.8 Å². The average Bonchev–Trinajstić information content (AvgIpc) is 2.69. The van der Waals surface area contributed by atoms with E-state index >= 15 is 0 Å². The number of carbonyl (C=O) groups is 2. The van der Waals surface area contributed by atoms with Crippen LogP contribution in [0.25, 0.3) is 22.2 Å². The molecule has 0 amide bonds. The molecule has 136 valence electrons. The summed E-state index contributed by atoms with van der Waals surface area (Å²) in [7, 11) is 0. The number of nitrogens with zero attached hydrogens (tertiary/aromatic N) is 1. The Labute approximate surface area is 156 Å². The normalized spacial score (nSPS) is 17.1. The maximum Gasteiger partial charge on any atom is 0.339 e. The largest absolute Gasteiger partial charge is 0.451 e. The first kappa shape index (κ1) is 17.3. The average molecular weight is 363 g/mol. The summed E-state index contributed by atoms with van der Waals surface area (Å²) in [6.07, 6.45) is 2.07. The molecule has 1 saturated carbocycles. The summed E-state index contributed by atoms with van der Waals surface area (Å²) in [6, 6.07) is 14.9. The van der Waals surface area contributed by atoms with E-state index in [0.717, 1.165) is 12.8 Å². The van der Waals surface area contributed by atoms with Gasteiger partial charge in [0.15, 0.2) is 11.9 Å². The van der Waals surface area contributed by atoms with Gasteiger partial charge in [0.2, 0.25) is 0 Å². The quantitative estimate of drug-likeness (QED) is 0.633. The van der Waals surface area contributed by atoms with Crippen molar-refractivity contribution in [3.63, 3.8) is 0 Å². The number of hydrogen-bond donors (Lipinski definition) is 0. The van der Waals surface area contributed by atoms with Gasteiger partial charge in [-0.05, 0) is 55.7 Å². The maximum absolute atomic E-state index is 13.2. The molecule has 1 atom stereocenters. The fourth-order valence-electron chi connectivity index (χ4n) is 3.38. The lowest BCUT2D eigenvalue weighted by molar-refractivity contribution is -0.129. The molecule has 0 radical (unpaired) electrons. The molecule has 3 aromatic rings. The SMILES string of the molecule is O=C(O[C@@H]1CCCCC1=O)c1cc(-c2ccc(F)cc2)nc2ccccc12. The van der Waals surface area contributed by atoms with Crippen LogP contribution in [0.15, 0.2) is 54.6 Å². The van der Waals surface area contributed by atoms with E-state index in [2.05, 4.69) is 4.98 Å². The van der Waals surface area contributed by atoms with Gasteiger partial charge in [0.1, 0.15) is 5.82 Å². The zero-order valence-corrected chi connectivity index (χ0v) is 14.7. The van der Waals surface area contributed by atoms with Crippen LogP contribution in [0.2, 0.25) is 0 Å². The molecule has 0 saturated heterocycles. The second-order valence-electron chi connectivity index (χ2n) is 6.69. The third-order valence-corrected chi connectivity index (χ3v) is 4.82. The number of pyridine rings is 1. The number of hydrogen-bond acceptors (Lipinski definition) is 4. The van der Waals surface area contributed by atoms with Crippen LogP contribution in [0.3, 0.4) is 0 Å². The highest BCUT2D eigenvalue weighted by Gasteiger charge is 2.27. The molecular weight excluding hydrogens is 345 g/mol. The molecule has 0 N–H and O–H groups in total. The van der Waals surface area contributed by atoms with Gasteiger partial charge >= 0.3 is 5.97 Å². The Morgan fingerprint density at radius 2 is 1.85 bits per heavy atom. The lowest BCUT2D eigenvalue weighted by Gasteiger charge is -2.21. The molecule has 2 aromatic carbocycles. The van der Waals surface area contributed by atoms with Crippen molar-refractivity contribution in [2.75, 3.05) is 0 Å². The molecule has 1 fully saturated rings. The minimum Gasteiger partial charge on any atom is -0.451 e. The number of halogens is 1.